The highest BCUT2D eigenvalue weighted by molar-refractivity contribution is 6.04. The van der Waals surface area contributed by atoms with Crippen LogP contribution in [-0.4, -0.2) is 34.6 Å². The van der Waals surface area contributed by atoms with Gasteiger partial charge < -0.3 is 14.6 Å². The molecule has 2 N–H and O–H groups in total. The van der Waals surface area contributed by atoms with Gasteiger partial charge in [0.2, 0.25) is 5.88 Å². The SMILES string of the molecule is C=CCn1c(O)c(C2=NN(c3ccccc3)[C@@H](c3ccc(OC)c(OC)c3)C2)c(=O)[nH]c1=O. The quantitative estimate of drug-likeness (QED) is 0.538. The molecule has 9 nitrogen and oxygen atoms in total. The molecule has 1 atom stereocenters. The maximum atomic E-state index is 12.7. The Labute approximate surface area is 189 Å². The van der Waals surface area contributed by atoms with Gasteiger partial charge in [-0.1, -0.05) is 30.3 Å². The summed E-state index contributed by atoms with van der Waals surface area (Å²) in [6.07, 6.45) is 1.77. The zero-order valence-electron chi connectivity index (χ0n) is 18.3. The van der Waals surface area contributed by atoms with Gasteiger partial charge in [-0.2, -0.15) is 5.10 Å². The Kier molecular flexibility index (Phi) is 6.03. The first-order chi connectivity index (χ1) is 16.0. The third kappa shape index (κ3) is 4.00. The van der Waals surface area contributed by atoms with Crippen molar-refractivity contribution < 1.29 is 14.6 Å². The number of nitrogens with zero attached hydrogens (tertiary/aromatic N) is 3. The molecule has 0 spiro atoms. The predicted octanol–water partition coefficient (Wildman–Crippen LogP) is 2.80. The monoisotopic (exact) mass is 448 g/mol. The lowest BCUT2D eigenvalue weighted by Crippen LogP contribution is -2.33. The number of ether oxygens (including phenoxy) is 2. The van der Waals surface area contributed by atoms with Crippen LogP contribution in [0.15, 0.2) is 75.9 Å². The number of para-hydroxylation sites is 1. The van der Waals surface area contributed by atoms with Crippen LogP contribution in [0.2, 0.25) is 0 Å². The van der Waals surface area contributed by atoms with Crippen molar-refractivity contribution in [2.75, 3.05) is 19.2 Å². The Morgan fingerprint density at radius 2 is 1.88 bits per heavy atom. The van der Waals surface area contributed by atoms with Crippen LogP contribution in [0.5, 0.6) is 17.4 Å². The van der Waals surface area contributed by atoms with E-state index < -0.39 is 17.1 Å². The summed E-state index contributed by atoms with van der Waals surface area (Å²) in [7, 11) is 3.13. The summed E-state index contributed by atoms with van der Waals surface area (Å²) < 4.78 is 11.9. The van der Waals surface area contributed by atoms with E-state index in [1.165, 1.54) is 6.08 Å². The minimum absolute atomic E-state index is 0.0413. The van der Waals surface area contributed by atoms with Gasteiger partial charge in [0.15, 0.2) is 11.5 Å². The third-order valence-corrected chi connectivity index (χ3v) is 5.50. The number of aromatic amines is 1. The number of benzene rings is 2. The molecule has 170 valence electrons. The molecule has 2 heterocycles. The zero-order chi connectivity index (χ0) is 23.5. The first-order valence-electron chi connectivity index (χ1n) is 10.3. The van der Waals surface area contributed by atoms with Crippen LogP contribution in [0.1, 0.15) is 23.6 Å². The van der Waals surface area contributed by atoms with Crippen LogP contribution in [0.4, 0.5) is 5.69 Å². The summed E-state index contributed by atoms with van der Waals surface area (Å²) >= 11 is 0. The van der Waals surface area contributed by atoms with Gasteiger partial charge in [0, 0.05) is 13.0 Å². The van der Waals surface area contributed by atoms with E-state index >= 15 is 0 Å². The van der Waals surface area contributed by atoms with Crippen LogP contribution in [0, 0.1) is 0 Å². The topological polar surface area (TPSA) is 109 Å². The molecule has 0 bridgehead atoms. The van der Waals surface area contributed by atoms with Crippen LogP contribution in [0.3, 0.4) is 0 Å². The van der Waals surface area contributed by atoms with E-state index in [0.717, 1.165) is 15.8 Å². The summed E-state index contributed by atoms with van der Waals surface area (Å²) in [5.74, 6) is 0.720. The van der Waals surface area contributed by atoms with Gasteiger partial charge in [0.05, 0.1) is 31.7 Å². The number of allylic oxidation sites excluding steroid dienone is 1. The minimum atomic E-state index is -0.712. The van der Waals surface area contributed by atoms with E-state index in [1.807, 2.05) is 48.5 Å². The fourth-order valence-electron chi connectivity index (χ4n) is 3.92. The van der Waals surface area contributed by atoms with Gasteiger partial charge in [-0.15, -0.1) is 6.58 Å². The predicted molar refractivity (Wildman–Crippen MR) is 126 cm³/mol. The Hall–Kier alpha value is -4.27. The molecule has 0 saturated heterocycles. The number of anilines is 1. The Bertz CT molecular complexity index is 1330. The molecular weight excluding hydrogens is 424 g/mol. The van der Waals surface area contributed by atoms with Crippen molar-refractivity contribution in [3.8, 4) is 17.4 Å². The second-order valence-electron chi connectivity index (χ2n) is 7.42. The van der Waals surface area contributed by atoms with Crippen LogP contribution < -0.4 is 25.7 Å². The average Bonchev–Trinajstić information content (AvgIpc) is 3.26. The number of hydrogen-bond acceptors (Lipinski definition) is 7. The number of H-pyrrole nitrogens is 1. The first kappa shape index (κ1) is 21.9. The highest BCUT2D eigenvalue weighted by Crippen LogP contribution is 2.40. The molecule has 9 heteroatoms. The molecule has 0 radical (unpaired) electrons. The van der Waals surface area contributed by atoms with Gasteiger partial charge in [0.1, 0.15) is 5.56 Å². The fourth-order valence-corrected chi connectivity index (χ4v) is 3.92. The molecule has 1 aliphatic rings. The Balaban J connectivity index is 1.85. The number of aromatic hydroxyl groups is 1. The Morgan fingerprint density at radius 1 is 1.15 bits per heavy atom. The number of methoxy groups -OCH3 is 2. The second-order valence-corrected chi connectivity index (χ2v) is 7.42. The summed E-state index contributed by atoms with van der Waals surface area (Å²) in [6, 6.07) is 14.8. The Morgan fingerprint density at radius 3 is 2.55 bits per heavy atom. The summed E-state index contributed by atoms with van der Waals surface area (Å²) in [4.78, 5) is 27.1. The average molecular weight is 448 g/mol. The zero-order valence-corrected chi connectivity index (χ0v) is 18.3. The molecule has 1 aliphatic heterocycles. The molecule has 0 unspecified atom stereocenters. The van der Waals surface area contributed by atoms with Gasteiger partial charge in [0.25, 0.3) is 5.56 Å². The molecule has 0 fully saturated rings. The minimum Gasteiger partial charge on any atom is -0.494 e. The molecular formula is C24H24N4O5. The normalized spacial score (nSPS) is 15.3. The lowest BCUT2D eigenvalue weighted by atomic mass is 9.98. The largest absolute Gasteiger partial charge is 0.494 e. The van der Waals surface area contributed by atoms with Gasteiger partial charge >= 0.3 is 5.69 Å². The molecule has 3 aromatic rings. The molecule has 1 aromatic heterocycles. The molecule has 33 heavy (non-hydrogen) atoms. The maximum Gasteiger partial charge on any atom is 0.331 e. The number of aromatic nitrogens is 2. The lowest BCUT2D eigenvalue weighted by Gasteiger charge is -2.24. The van der Waals surface area contributed by atoms with E-state index in [2.05, 4.69) is 11.6 Å². The third-order valence-electron chi connectivity index (χ3n) is 5.50. The summed E-state index contributed by atoms with van der Waals surface area (Å²) in [5.41, 5.74) is 0.595. The van der Waals surface area contributed by atoms with Crippen molar-refractivity contribution in [3.05, 3.63) is 93.2 Å². The highest BCUT2D eigenvalue weighted by Gasteiger charge is 2.33. The maximum absolute atomic E-state index is 12.7. The van der Waals surface area contributed by atoms with Gasteiger partial charge in [-0.05, 0) is 29.8 Å². The molecule has 0 amide bonds. The van der Waals surface area contributed by atoms with E-state index in [4.69, 9.17) is 14.6 Å². The standard InChI is InChI=1S/C24H24N4O5/c1-4-12-27-23(30)21(22(29)25-24(27)31)17-14-18(28(26-17)16-8-6-5-7-9-16)15-10-11-19(32-2)20(13-15)33-3/h4-11,13,18,30H,1,12,14H2,2-3H3,(H,25,29,31)/t18-/m1/s1. The van der Waals surface area contributed by atoms with Crippen LogP contribution in [0.25, 0.3) is 0 Å². The van der Waals surface area contributed by atoms with Crippen molar-refractivity contribution in [1.29, 1.82) is 0 Å². The number of nitrogens with one attached hydrogen (secondary N) is 1. The summed E-state index contributed by atoms with van der Waals surface area (Å²) in [6.45, 7) is 3.64. The van der Waals surface area contributed by atoms with Crippen molar-refractivity contribution in [3.63, 3.8) is 0 Å². The van der Waals surface area contributed by atoms with Crippen molar-refractivity contribution in [2.24, 2.45) is 5.10 Å². The van der Waals surface area contributed by atoms with E-state index in [-0.39, 0.29) is 18.2 Å². The smallest absolute Gasteiger partial charge is 0.331 e. The first-order valence-corrected chi connectivity index (χ1v) is 10.3. The highest BCUT2D eigenvalue weighted by atomic mass is 16.5. The van der Waals surface area contributed by atoms with Gasteiger partial charge in [-0.25, -0.2) is 4.79 Å². The summed E-state index contributed by atoms with van der Waals surface area (Å²) in [5, 5.41) is 17.2. The number of rotatable bonds is 7. The van der Waals surface area contributed by atoms with Crippen LogP contribution in [-0.2, 0) is 6.54 Å². The van der Waals surface area contributed by atoms with Gasteiger partial charge in [-0.3, -0.25) is 19.4 Å². The number of hydrogen-bond donors (Lipinski definition) is 2. The van der Waals surface area contributed by atoms with E-state index in [0.29, 0.717) is 23.6 Å². The fraction of sp³-hybridized carbons (Fsp3) is 0.208. The van der Waals surface area contributed by atoms with E-state index in [9.17, 15) is 14.7 Å². The van der Waals surface area contributed by atoms with E-state index in [1.54, 1.807) is 19.2 Å². The van der Waals surface area contributed by atoms with Crippen molar-refractivity contribution >= 4 is 11.4 Å². The number of hydrazone groups is 1. The van der Waals surface area contributed by atoms with Crippen molar-refractivity contribution in [2.45, 2.75) is 19.0 Å². The molecule has 0 aliphatic carbocycles. The van der Waals surface area contributed by atoms with Crippen LogP contribution >= 0.6 is 0 Å². The molecule has 2 aromatic carbocycles. The second kappa shape index (κ2) is 9.07. The molecule has 4 rings (SSSR count). The van der Waals surface area contributed by atoms with Crippen molar-refractivity contribution in [1.82, 2.24) is 9.55 Å². The molecule has 0 saturated carbocycles. The lowest BCUT2D eigenvalue weighted by molar-refractivity contribution is 0.354.